The van der Waals surface area contributed by atoms with Crippen LogP contribution in [0.15, 0.2) is 12.1 Å². The summed E-state index contributed by atoms with van der Waals surface area (Å²) in [5.41, 5.74) is 6.93. The van der Waals surface area contributed by atoms with E-state index in [0.717, 1.165) is 11.3 Å². The van der Waals surface area contributed by atoms with Crippen molar-refractivity contribution in [2.75, 3.05) is 18.4 Å². The highest BCUT2D eigenvalue weighted by Gasteiger charge is 2.35. The van der Waals surface area contributed by atoms with E-state index in [9.17, 15) is 9.59 Å². The standard InChI is InChI=1S/C21H34N4O4/c1-13-8-15(23-17(9-13)24-18(26)28-20(2,3)4)10-14-11-25(12-16(14)22)19(27)29-21(5,6)7/h8-9,14,16H,10-12,22H2,1-7H3,(H,23,24,26)/t14-,16-/m1/s1. The molecule has 0 radical (unpaired) electrons. The first-order chi connectivity index (χ1) is 13.2. The molecular formula is C21H34N4O4. The summed E-state index contributed by atoms with van der Waals surface area (Å²) >= 11 is 0. The minimum absolute atomic E-state index is 0.0613. The van der Waals surface area contributed by atoms with Crippen molar-refractivity contribution in [2.24, 2.45) is 11.7 Å². The molecule has 2 amide bonds. The number of hydrogen-bond acceptors (Lipinski definition) is 6. The Labute approximate surface area is 173 Å². The van der Waals surface area contributed by atoms with Crippen LogP contribution in [0.5, 0.6) is 0 Å². The van der Waals surface area contributed by atoms with E-state index in [-0.39, 0.29) is 18.1 Å². The predicted octanol–water partition coefficient (Wildman–Crippen LogP) is 3.47. The van der Waals surface area contributed by atoms with Crippen molar-refractivity contribution in [3.8, 4) is 0 Å². The Morgan fingerprint density at radius 3 is 2.34 bits per heavy atom. The van der Waals surface area contributed by atoms with Crippen LogP contribution in [0.25, 0.3) is 0 Å². The van der Waals surface area contributed by atoms with Gasteiger partial charge in [0.1, 0.15) is 17.0 Å². The Morgan fingerprint density at radius 2 is 1.76 bits per heavy atom. The van der Waals surface area contributed by atoms with Crippen LogP contribution in [0, 0.1) is 12.8 Å². The van der Waals surface area contributed by atoms with Gasteiger partial charge in [0.2, 0.25) is 0 Å². The third-order valence-electron chi connectivity index (χ3n) is 4.27. The Kier molecular flexibility index (Phi) is 6.78. The van der Waals surface area contributed by atoms with Gasteiger partial charge >= 0.3 is 12.2 Å². The van der Waals surface area contributed by atoms with Gasteiger partial charge in [0.25, 0.3) is 0 Å². The van der Waals surface area contributed by atoms with Crippen LogP contribution in [0.4, 0.5) is 15.4 Å². The number of ether oxygens (including phenoxy) is 2. The molecule has 162 valence electrons. The predicted molar refractivity (Wildman–Crippen MR) is 112 cm³/mol. The second kappa shape index (κ2) is 8.57. The van der Waals surface area contributed by atoms with Gasteiger partial charge < -0.3 is 20.1 Å². The fraction of sp³-hybridized carbons (Fsp3) is 0.667. The number of nitrogens with two attached hydrogens (primary N) is 1. The zero-order valence-corrected chi connectivity index (χ0v) is 18.5. The first-order valence-electron chi connectivity index (χ1n) is 9.93. The van der Waals surface area contributed by atoms with Crippen molar-refractivity contribution >= 4 is 18.0 Å². The molecule has 1 aliphatic rings. The molecule has 29 heavy (non-hydrogen) atoms. The lowest BCUT2D eigenvalue weighted by molar-refractivity contribution is 0.0286. The van der Waals surface area contributed by atoms with E-state index in [1.54, 1.807) is 31.7 Å². The Hall–Kier alpha value is -2.35. The molecule has 1 aromatic heterocycles. The maximum atomic E-state index is 12.3. The molecule has 1 aromatic rings. The molecule has 2 heterocycles. The maximum absolute atomic E-state index is 12.3. The van der Waals surface area contributed by atoms with Crippen LogP contribution in [-0.4, -0.2) is 52.4 Å². The number of hydrogen-bond donors (Lipinski definition) is 2. The van der Waals surface area contributed by atoms with Crippen molar-refractivity contribution in [1.82, 2.24) is 9.88 Å². The van der Waals surface area contributed by atoms with Gasteiger partial charge in [-0.25, -0.2) is 14.6 Å². The number of aromatic nitrogens is 1. The summed E-state index contributed by atoms with van der Waals surface area (Å²) in [5.74, 6) is 0.496. The lowest BCUT2D eigenvalue weighted by Crippen LogP contribution is -2.36. The van der Waals surface area contributed by atoms with Crippen LogP contribution in [0.3, 0.4) is 0 Å². The minimum Gasteiger partial charge on any atom is -0.444 e. The number of amides is 2. The van der Waals surface area contributed by atoms with Gasteiger partial charge in [-0.05, 0) is 78.5 Å². The van der Waals surface area contributed by atoms with Gasteiger partial charge in [-0.2, -0.15) is 0 Å². The Morgan fingerprint density at radius 1 is 1.14 bits per heavy atom. The molecule has 0 spiro atoms. The third kappa shape index (κ3) is 7.53. The van der Waals surface area contributed by atoms with Crippen molar-refractivity contribution in [3.63, 3.8) is 0 Å². The molecule has 0 bridgehead atoms. The lowest BCUT2D eigenvalue weighted by atomic mass is 9.98. The monoisotopic (exact) mass is 406 g/mol. The average molecular weight is 407 g/mol. The van der Waals surface area contributed by atoms with Crippen LogP contribution in [0.1, 0.15) is 52.8 Å². The van der Waals surface area contributed by atoms with Crippen LogP contribution in [-0.2, 0) is 15.9 Å². The average Bonchev–Trinajstić information content (AvgIpc) is 2.84. The van der Waals surface area contributed by atoms with E-state index in [0.29, 0.717) is 25.3 Å². The molecule has 8 heteroatoms. The number of pyridine rings is 1. The summed E-state index contributed by atoms with van der Waals surface area (Å²) in [6, 6.07) is 3.59. The molecule has 0 aromatic carbocycles. The second-order valence-corrected chi connectivity index (χ2v) is 9.66. The highest BCUT2D eigenvalue weighted by atomic mass is 16.6. The molecule has 2 atom stereocenters. The summed E-state index contributed by atoms with van der Waals surface area (Å²) in [6.07, 6.45) is -0.291. The van der Waals surface area contributed by atoms with Crippen LogP contribution < -0.4 is 11.1 Å². The van der Waals surface area contributed by atoms with Gasteiger partial charge in [0.05, 0.1) is 0 Å². The van der Waals surface area contributed by atoms with Crippen molar-refractivity contribution < 1.29 is 19.1 Å². The van der Waals surface area contributed by atoms with Gasteiger partial charge in [-0.1, -0.05) is 0 Å². The molecule has 0 saturated carbocycles. The second-order valence-electron chi connectivity index (χ2n) is 9.66. The molecule has 1 aliphatic heterocycles. The molecule has 1 fully saturated rings. The van der Waals surface area contributed by atoms with E-state index in [1.165, 1.54) is 0 Å². The Bertz CT molecular complexity index is 752. The van der Waals surface area contributed by atoms with Gasteiger partial charge in [0, 0.05) is 24.8 Å². The smallest absolute Gasteiger partial charge is 0.413 e. The summed E-state index contributed by atoms with van der Waals surface area (Å²) in [5, 5.41) is 2.68. The number of nitrogens with one attached hydrogen (secondary N) is 1. The fourth-order valence-electron chi connectivity index (χ4n) is 3.17. The highest BCUT2D eigenvalue weighted by Crippen LogP contribution is 2.23. The van der Waals surface area contributed by atoms with Crippen molar-refractivity contribution in [1.29, 1.82) is 0 Å². The largest absolute Gasteiger partial charge is 0.444 e. The number of aryl methyl sites for hydroxylation is 1. The number of carbonyl (C=O) groups excluding carboxylic acids is 2. The fourth-order valence-corrected chi connectivity index (χ4v) is 3.17. The minimum atomic E-state index is -0.585. The molecular weight excluding hydrogens is 372 g/mol. The summed E-state index contributed by atoms with van der Waals surface area (Å²) in [7, 11) is 0. The molecule has 2 rings (SSSR count). The third-order valence-corrected chi connectivity index (χ3v) is 4.27. The number of nitrogens with zero attached hydrogens (tertiary/aromatic N) is 2. The van der Waals surface area contributed by atoms with E-state index in [2.05, 4.69) is 10.3 Å². The zero-order valence-electron chi connectivity index (χ0n) is 18.5. The van der Waals surface area contributed by atoms with Gasteiger partial charge in [-0.15, -0.1) is 0 Å². The van der Waals surface area contributed by atoms with Crippen molar-refractivity contribution in [2.45, 2.75) is 72.1 Å². The molecule has 3 N–H and O–H groups in total. The van der Waals surface area contributed by atoms with E-state index in [4.69, 9.17) is 15.2 Å². The van der Waals surface area contributed by atoms with Crippen molar-refractivity contribution in [3.05, 3.63) is 23.4 Å². The first kappa shape index (κ1) is 22.9. The highest BCUT2D eigenvalue weighted by molar-refractivity contribution is 5.83. The molecule has 0 aliphatic carbocycles. The topological polar surface area (TPSA) is 107 Å². The van der Waals surface area contributed by atoms with Gasteiger partial charge in [0.15, 0.2) is 0 Å². The number of carbonyl (C=O) groups is 2. The SMILES string of the molecule is Cc1cc(C[C@@H]2CN(C(=O)OC(C)(C)C)C[C@H]2N)nc(NC(=O)OC(C)(C)C)c1. The Balaban J connectivity index is 2.03. The summed E-state index contributed by atoms with van der Waals surface area (Å²) < 4.78 is 10.7. The first-order valence-corrected chi connectivity index (χ1v) is 9.93. The number of likely N-dealkylation sites (tertiary alicyclic amines) is 1. The molecule has 0 unspecified atom stereocenters. The summed E-state index contributed by atoms with van der Waals surface area (Å²) in [6.45, 7) is 13.8. The molecule has 1 saturated heterocycles. The van der Waals surface area contributed by atoms with Gasteiger partial charge in [-0.3, -0.25) is 5.32 Å². The van der Waals surface area contributed by atoms with Crippen LogP contribution in [0.2, 0.25) is 0 Å². The van der Waals surface area contributed by atoms with E-state index >= 15 is 0 Å². The number of rotatable bonds is 3. The zero-order chi connectivity index (χ0) is 22.0. The molecule has 8 nitrogen and oxygen atoms in total. The van der Waals surface area contributed by atoms with E-state index < -0.39 is 17.3 Å². The maximum Gasteiger partial charge on any atom is 0.413 e. The summed E-state index contributed by atoms with van der Waals surface area (Å²) in [4.78, 5) is 30.5. The quantitative estimate of drug-likeness (QED) is 0.796. The normalized spacial score (nSPS) is 19.8. The lowest BCUT2D eigenvalue weighted by Gasteiger charge is -2.24. The van der Waals surface area contributed by atoms with Crippen LogP contribution >= 0.6 is 0 Å². The van der Waals surface area contributed by atoms with E-state index in [1.807, 2.05) is 33.8 Å². The number of anilines is 1.